The van der Waals surface area contributed by atoms with Gasteiger partial charge in [0, 0.05) is 0 Å². The van der Waals surface area contributed by atoms with Crippen molar-refractivity contribution in [3.05, 3.63) is 28.2 Å². The molecule has 1 saturated heterocycles. The van der Waals surface area contributed by atoms with E-state index in [2.05, 4.69) is 5.32 Å². The van der Waals surface area contributed by atoms with Crippen LogP contribution in [0.15, 0.2) is 18.2 Å². The number of halogens is 2. The van der Waals surface area contributed by atoms with E-state index in [0.29, 0.717) is 28.6 Å². The highest BCUT2D eigenvalue weighted by atomic mass is 35.5. The van der Waals surface area contributed by atoms with Crippen LogP contribution in [0, 0.1) is 0 Å². The van der Waals surface area contributed by atoms with Gasteiger partial charge < -0.3 is 5.32 Å². The molecule has 1 aliphatic carbocycles. The van der Waals surface area contributed by atoms with Crippen molar-refractivity contribution >= 4 is 40.8 Å². The predicted molar refractivity (Wildman–Crippen MR) is 69.1 cm³/mol. The molecule has 2 fully saturated rings. The summed E-state index contributed by atoms with van der Waals surface area (Å²) in [5.41, 5.74) is -0.223. The van der Waals surface area contributed by atoms with Gasteiger partial charge in [0.15, 0.2) is 0 Å². The quantitative estimate of drug-likeness (QED) is 0.806. The van der Waals surface area contributed by atoms with Crippen molar-refractivity contribution in [3.63, 3.8) is 0 Å². The lowest BCUT2D eigenvalue weighted by atomic mass is 9.77. The molecule has 1 spiro atoms. The van der Waals surface area contributed by atoms with E-state index >= 15 is 0 Å². The number of amides is 3. The average Bonchev–Trinajstić information content (AvgIpc) is 2.55. The van der Waals surface area contributed by atoms with Gasteiger partial charge in [-0.15, -0.1) is 0 Å². The monoisotopic (exact) mass is 284 g/mol. The fourth-order valence-corrected chi connectivity index (χ4v) is 2.64. The molecule has 3 rings (SSSR count). The Kier molecular flexibility index (Phi) is 2.54. The Bertz CT molecular complexity index is 555. The first-order valence-corrected chi connectivity index (χ1v) is 6.41. The minimum atomic E-state index is -0.677. The highest BCUT2D eigenvalue weighted by molar-refractivity contribution is 6.42. The minimum Gasteiger partial charge on any atom is -0.323 e. The molecule has 0 bridgehead atoms. The van der Waals surface area contributed by atoms with Crippen molar-refractivity contribution in [1.82, 2.24) is 5.32 Å². The number of benzene rings is 1. The fraction of sp³-hybridized carbons (Fsp3) is 0.333. The largest absolute Gasteiger partial charge is 0.329 e. The summed E-state index contributed by atoms with van der Waals surface area (Å²) in [6.45, 7) is 0. The van der Waals surface area contributed by atoms with Gasteiger partial charge in [-0.25, -0.2) is 9.69 Å². The molecule has 1 aliphatic heterocycles. The molecular formula is C12H10Cl2N2O2. The molecule has 2 aliphatic rings. The van der Waals surface area contributed by atoms with Crippen LogP contribution in [-0.2, 0) is 4.79 Å². The van der Waals surface area contributed by atoms with E-state index in [0.717, 1.165) is 11.3 Å². The van der Waals surface area contributed by atoms with Gasteiger partial charge in [-0.05, 0) is 37.5 Å². The molecule has 1 heterocycles. The summed E-state index contributed by atoms with van der Waals surface area (Å²) in [5.74, 6) is -0.197. The molecule has 1 N–H and O–H groups in total. The van der Waals surface area contributed by atoms with Crippen LogP contribution < -0.4 is 10.2 Å². The summed E-state index contributed by atoms with van der Waals surface area (Å²) in [6, 6.07) is 4.33. The van der Waals surface area contributed by atoms with E-state index in [1.54, 1.807) is 12.1 Å². The van der Waals surface area contributed by atoms with Crippen LogP contribution in [0.2, 0.25) is 10.0 Å². The Balaban J connectivity index is 1.99. The maximum atomic E-state index is 12.3. The molecular weight excluding hydrogens is 275 g/mol. The second kappa shape index (κ2) is 3.87. The van der Waals surface area contributed by atoms with Crippen molar-refractivity contribution in [3.8, 4) is 0 Å². The van der Waals surface area contributed by atoms with Crippen LogP contribution in [-0.4, -0.2) is 17.5 Å². The van der Waals surface area contributed by atoms with Crippen LogP contribution in [0.25, 0.3) is 0 Å². The number of anilines is 1. The van der Waals surface area contributed by atoms with Crippen molar-refractivity contribution < 1.29 is 9.59 Å². The molecule has 18 heavy (non-hydrogen) atoms. The van der Waals surface area contributed by atoms with Gasteiger partial charge in [0.05, 0.1) is 15.7 Å². The molecule has 94 valence electrons. The maximum absolute atomic E-state index is 12.3. The number of urea groups is 1. The van der Waals surface area contributed by atoms with Crippen LogP contribution in [0.4, 0.5) is 10.5 Å². The van der Waals surface area contributed by atoms with E-state index in [4.69, 9.17) is 23.2 Å². The fourth-order valence-electron chi connectivity index (χ4n) is 2.35. The van der Waals surface area contributed by atoms with Crippen LogP contribution in [0.1, 0.15) is 19.3 Å². The molecule has 4 nitrogen and oxygen atoms in total. The second-order valence-electron chi connectivity index (χ2n) is 4.60. The number of rotatable bonds is 1. The summed E-state index contributed by atoms with van der Waals surface area (Å²) in [7, 11) is 0. The van der Waals surface area contributed by atoms with Crippen LogP contribution in [0.5, 0.6) is 0 Å². The lowest BCUT2D eigenvalue weighted by Gasteiger charge is -2.34. The minimum absolute atomic E-state index is 0.197. The summed E-state index contributed by atoms with van der Waals surface area (Å²) in [4.78, 5) is 25.3. The third-order valence-corrected chi connectivity index (χ3v) is 4.27. The molecule has 1 aromatic carbocycles. The van der Waals surface area contributed by atoms with Gasteiger partial charge in [-0.3, -0.25) is 4.79 Å². The molecule has 0 radical (unpaired) electrons. The zero-order valence-electron chi connectivity index (χ0n) is 9.37. The number of imide groups is 1. The number of nitrogens with one attached hydrogen (secondary N) is 1. The number of carbonyl (C=O) groups is 2. The van der Waals surface area contributed by atoms with Crippen molar-refractivity contribution in [2.75, 3.05) is 4.90 Å². The summed E-state index contributed by atoms with van der Waals surface area (Å²) in [5, 5.41) is 3.48. The van der Waals surface area contributed by atoms with Crippen molar-refractivity contribution in [2.24, 2.45) is 0 Å². The predicted octanol–water partition coefficient (Wildman–Crippen LogP) is 2.97. The molecule has 0 unspecified atom stereocenters. The lowest BCUT2D eigenvalue weighted by molar-refractivity contribution is -0.124. The third-order valence-electron chi connectivity index (χ3n) is 3.53. The second-order valence-corrected chi connectivity index (χ2v) is 5.42. The number of hydrogen-bond donors (Lipinski definition) is 1. The van der Waals surface area contributed by atoms with Crippen LogP contribution in [0.3, 0.4) is 0 Å². The van der Waals surface area contributed by atoms with Gasteiger partial charge in [-0.1, -0.05) is 23.2 Å². The highest BCUT2D eigenvalue weighted by Gasteiger charge is 2.55. The standard InChI is InChI=1S/C12H10Cl2N2O2/c13-8-3-2-7(6-9(8)14)16-10(17)12(4-1-5-12)15-11(16)18/h2-3,6H,1,4-5H2,(H,15,18). The first kappa shape index (κ1) is 11.8. The van der Waals surface area contributed by atoms with E-state index in [9.17, 15) is 9.59 Å². The third kappa shape index (κ3) is 1.52. The summed E-state index contributed by atoms with van der Waals surface area (Å²) in [6.07, 6.45) is 2.37. The Morgan fingerprint density at radius 1 is 1.17 bits per heavy atom. The Morgan fingerprint density at radius 2 is 1.89 bits per heavy atom. The SMILES string of the molecule is O=C1NC2(CCC2)C(=O)N1c1ccc(Cl)c(Cl)c1. The summed E-state index contributed by atoms with van der Waals surface area (Å²) >= 11 is 11.7. The van der Waals surface area contributed by atoms with Crippen molar-refractivity contribution in [2.45, 2.75) is 24.8 Å². The van der Waals surface area contributed by atoms with Gasteiger partial charge in [-0.2, -0.15) is 0 Å². The van der Waals surface area contributed by atoms with Crippen LogP contribution >= 0.6 is 23.2 Å². The Hall–Kier alpha value is -1.26. The highest BCUT2D eigenvalue weighted by Crippen LogP contribution is 2.39. The van der Waals surface area contributed by atoms with Crippen molar-refractivity contribution in [1.29, 1.82) is 0 Å². The molecule has 6 heteroatoms. The maximum Gasteiger partial charge on any atom is 0.329 e. The van der Waals surface area contributed by atoms with E-state index in [1.165, 1.54) is 6.07 Å². The number of nitrogens with zero attached hydrogens (tertiary/aromatic N) is 1. The van der Waals surface area contributed by atoms with E-state index < -0.39 is 11.6 Å². The smallest absolute Gasteiger partial charge is 0.323 e. The average molecular weight is 285 g/mol. The van der Waals surface area contributed by atoms with E-state index in [-0.39, 0.29) is 5.91 Å². The first-order chi connectivity index (χ1) is 8.53. The zero-order chi connectivity index (χ0) is 12.9. The molecule has 1 saturated carbocycles. The van der Waals surface area contributed by atoms with Gasteiger partial charge in [0.2, 0.25) is 0 Å². The first-order valence-electron chi connectivity index (χ1n) is 5.65. The Labute approximate surface area is 114 Å². The molecule has 3 amide bonds. The topological polar surface area (TPSA) is 49.4 Å². The number of hydrogen-bond acceptors (Lipinski definition) is 2. The van der Waals surface area contributed by atoms with Gasteiger partial charge in [0.1, 0.15) is 5.54 Å². The number of carbonyl (C=O) groups excluding carboxylic acids is 2. The van der Waals surface area contributed by atoms with Gasteiger partial charge in [0.25, 0.3) is 5.91 Å². The lowest BCUT2D eigenvalue weighted by Crippen LogP contribution is -2.52. The molecule has 0 aromatic heterocycles. The van der Waals surface area contributed by atoms with E-state index in [1.807, 2.05) is 0 Å². The zero-order valence-corrected chi connectivity index (χ0v) is 10.9. The molecule has 1 aromatic rings. The Morgan fingerprint density at radius 3 is 2.39 bits per heavy atom. The normalized spacial score (nSPS) is 21.1. The van der Waals surface area contributed by atoms with Gasteiger partial charge >= 0.3 is 6.03 Å². The molecule has 0 atom stereocenters. The summed E-state index contributed by atoms with van der Waals surface area (Å²) < 4.78 is 0.